The second-order valence-electron chi connectivity index (χ2n) is 5.30. The third kappa shape index (κ3) is 2.06. The molecule has 3 atom stereocenters. The van der Waals surface area contributed by atoms with Crippen molar-refractivity contribution in [1.82, 2.24) is 5.32 Å². The van der Waals surface area contributed by atoms with Crippen LogP contribution in [0.25, 0.3) is 0 Å². The molecule has 0 aromatic carbocycles. The van der Waals surface area contributed by atoms with E-state index in [9.17, 15) is 4.79 Å². The lowest BCUT2D eigenvalue weighted by Gasteiger charge is -2.41. The smallest absolute Gasteiger partial charge is 0.226 e. The minimum absolute atomic E-state index is 0.160. The second kappa shape index (κ2) is 4.44. The molecule has 1 aliphatic carbocycles. The van der Waals surface area contributed by atoms with E-state index in [1.165, 1.54) is 0 Å². The molecule has 1 amide bonds. The van der Waals surface area contributed by atoms with Crippen LogP contribution in [0.4, 0.5) is 0 Å². The molecule has 1 aliphatic heterocycles. The number of amides is 1. The average molecular weight is 219 g/mol. The van der Waals surface area contributed by atoms with Gasteiger partial charge in [-0.3, -0.25) is 4.79 Å². The van der Waals surface area contributed by atoms with Crippen LogP contribution in [0.3, 0.4) is 0 Å². The number of nitrogens with one attached hydrogen (secondary N) is 1. The van der Waals surface area contributed by atoms with E-state index >= 15 is 0 Å². The lowest BCUT2D eigenvalue weighted by molar-refractivity contribution is -0.135. The van der Waals surface area contributed by atoms with Crippen molar-refractivity contribution < 1.29 is 4.79 Å². The van der Waals surface area contributed by atoms with Crippen molar-refractivity contribution in [3.8, 4) is 0 Å². The molecule has 0 saturated carbocycles. The van der Waals surface area contributed by atoms with Crippen LogP contribution in [0.5, 0.6) is 0 Å². The first kappa shape index (κ1) is 11.4. The maximum atomic E-state index is 12.1. The normalized spacial score (nSPS) is 37.0. The molecule has 3 unspecified atom stereocenters. The summed E-state index contributed by atoms with van der Waals surface area (Å²) in [6, 6.07) is 0.229. The Kier molecular flexibility index (Phi) is 3.17. The standard InChI is InChI=1S/C14H21NO/c1-3-4-9-14(2)10-11-7-5-6-8-12(11)15-13(14)16/h5-8,11-12H,3-4,9-10H2,1-2H3,(H,15,16). The van der Waals surface area contributed by atoms with E-state index in [-0.39, 0.29) is 17.4 Å². The Bertz CT molecular complexity index is 332. The molecule has 1 saturated heterocycles. The number of hydrogen-bond acceptors (Lipinski definition) is 1. The Morgan fingerprint density at radius 1 is 1.44 bits per heavy atom. The van der Waals surface area contributed by atoms with Crippen molar-refractivity contribution in [2.75, 3.05) is 0 Å². The summed E-state index contributed by atoms with van der Waals surface area (Å²) in [7, 11) is 0. The number of unbranched alkanes of at least 4 members (excludes halogenated alkanes) is 1. The van der Waals surface area contributed by atoms with Gasteiger partial charge in [-0.05, 0) is 12.8 Å². The molecule has 0 spiro atoms. The maximum Gasteiger partial charge on any atom is 0.226 e. The monoisotopic (exact) mass is 219 g/mol. The molecule has 2 rings (SSSR count). The highest BCUT2D eigenvalue weighted by atomic mass is 16.2. The molecule has 88 valence electrons. The van der Waals surface area contributed by atoms with Crippen LogP contribution in [-0.2, 0) is 4.79 Å². The molecule has 0 aromatic rings. The summed E-state index contributed by atoms with van der Waals surface area (Å²) in [6.07, 6.45) is 12.7. The van der Waals surface area contributed by atoms with Gasteiger partial charge in [-0.25, -0.2) is 0 Å². The zero-order valence-electron chi connectivity index (χ0n) is 10.2. The molecule has 0 radical (unpaired) electrons. The first-order valence-electron chi connectivity index (χ1n) is 6.32. The van der Waals surface area contributed by atoms with Gasteiger partial charge in [-0.2, -0.15) is 0 Å². The van der Waals surface area contributed by atoms with Gasteiger partial charge in [-0.15, -0.1) is 0 Å². The fourth-order valence-electron chi connectivity index (χ4n) is 2.72. The number of rotatable bonds is 3. The van der Waals surface area contributed by atoms with Crippen LogP contribution in [-0.4, -0.2) is 11.9 Å². The highest BCUT2D eigenvalue weighted by Gasteiger charge is 2.42. The molecule has 16 heavy (non-hydrogen) atoms. The van der Waals surface area contributed by atoms with E-state index in [0.29, 0.717) is 5.92 Å². The van der Waals surface area contributed by atoms with E-state index in [1.807, 2.05) is 6.08 Å². The molecule has 2 nitrogen and oxygen atoms in total. The van der Waals surface area contributed by atoms with Crippen LogP contribution in [0, 0.1) is 11.3 Å². The molecular weight excluding hydrogens is 198 g/mol. The van der Waals surface area contributed by atoms with Crippen molar-refractivity contribution in [1.29, 1.82) is 0 Å². The minimum Gasteiger partial charge on any atom is -0.349 e. The number of hydrogen-bond donors (Lipinski definition) is 1. The maximum absolute atomic E-state index is 12.1. The van der Waals surface area contributed by atoms with Crippen molar-refractivity contribution in [2.24, 2.45) is 11.3 Å². The predicted molar refractivity (Wildman–Crippen MR) is 65.9 cm³/mol. The van der Waals surface area contributed by atoms with Gasteiger partial charge < -0.3 is 5.32 Å². The first-order valence-corrected chi connectivity index (χ1v) is 6.32. The van der Waals surface area contributed by atoms with Crippen LogP contribution < -0.4 is 5.32 Å². The van der Waals surface area contributed by atoms with Crippen molar-refractivity contribution in [3.05, 3.63) is 24.3 Å². The Morgan fingerprint density at radius 3 is 2.94 bits per heavy atom. The van der Waals surface area contributed by atoms with Gasteiger partial charge in [-0.1, -0.05) is 51.0 Å². The zero-order valence-corrected chi connectivity index (χ0v) is 10.2. The number of allylic oxidation sites excluding steroid dienone is 2. The number of carbonyl (C=O) groups is 1. The Morgan fingerprint density at radius 2 is 2.19 bits per heavy atom. The molecule has 0 bridgehead atoms. The predicted octanol–water partition coefficient (Wildman–Crippen LogP) is 2.81. The van der Waals surface area contributed by atoms with Gasteiger partial charge in [0, 0.05) is 11.3 Å². The fraction of sp³-hybridized carbons (Fsp3) is 0.643. The van der Waals surface area contributed by atoms with Crippen LogP contribution in [0.15, 0.2) is 24.3 Å². The van der Waals surface area contributed by atoms with Gasteiger partial charge >= 0.3 is 0 Å². The summed E-state index contributed by atoms with van der Waals surface area (Å²) in [5.74, 6) is 0.728. The molecule has 2 aliphatic rings. The molecular formula is C14H21NO. The molecule has 0 aromatic heterocycles. The molecule has 1 fully saturated rings. The van der Waals surface area contributed by atoms with Crippen LogP contribution >= 0.6 is 0 Å². The molecule has 1 heterocycles. The number of piperidine rings is 1. The van der Waals surface area contributed by atoms with E-state index in [1.54, 1.807) is 0 Å². The van der Waals surface area contributed by atoms with Crippen molar-refractivity contribution in [2.45, 2.75) is 45.6 Å². The van der Waals surface area contributed by atoms with E-state index < -0.39 is 0 Å². The van der Waals surface area contributed by atoms with Gasteiger partial charge in [0.1, 0.15) is 0 Å². The third-order valence-electron chi connectivity index (χ3n) is 3.86. The fourth-order valence-corrected chi connectivity index (χ4v) is 2.72. The van der Waals surface area contributed by atoms with Gasteiger partial charge in [0.05, 0.1) is 6.04 Å². The third-order valence-corrected chi connectivity index (χ3v) is 3.86. The highest BCUT2D eigenvalue weighted by Crippen LogP contribution is 2.38. The van der Waals surface area contributed by atoms with E-state index in [2.05, 4.69) is 37.4 Å². The van der Waals surface area contributed by atoms with Crippen LogP contribution in [0.2, 0.25) is 0 Å². The largest absolute Gasteiger partial charge is 0.349 e. The zero-order chi connectivity index (χ0) is 11.6. The summed E-state index contributed by atoms with van der Waals surface area (Å²) in [5, 5.41) is 3.14. The number of fused-ring (bicyclic) bond motifs is 1. The summed E-state index contributed by atoms with van der Waals surface area (Å²) < 4.78 is 0. The quantitative estimate of drug-likeness (QED) is 0.777. The van der Waals surface area contributed by atoms with E-state index in [0.717, 1.165) is 25.7 Å². The van der Waals surface area contributed by atoms with Crippen LogP contribution in [0.1, 0.15) is 39.5 Å². The van der Waals surface area contributed by atoms with E-state index in [4.69, 9.17) is 0 Å². The molecule has 1 N–H and O–H groups in total. The lowest BCUT2D eigenvalue weighted by atomic mass is 9.70. The Hall–Kier alpha value is -1.05. The topological polar surface area (TPSA) is 29.1 Å². The summed E-state index contributed by atoms with van der Waals surface area (Å²) in [5.41, 5.74) is -0.160. The van der Waals surface area contributed by atoms with Crippen molar-refractivity contribution in [3.63, 3.8) is 0 Å². The molecule has 2 heteroatoms. The Labute approximate surface area is 97.8 Å². The SMILES string of the molecule is CCCCC1(C)CC2C=CC=CC2NC1=O. The Balaban J connectivity index is 2.08. The summed E-state index contributed by atoms with van der Waals surface area (Å²) in [4.78, 5) is 12.1. The van der Waals surface area contributed by atoms with Gasteiger partial charge in [0.25, 0.3) is 0 Å². The minimum atomic E-state index is -0.160. The average Bonchev–Trinajstić information content (AvgIpc) is 2.28. The second-order valence-corrected chi connectivity index (χ2v) is 5.30. The van der Waals surface area contributed by atoms with Gasteiger partial charge in [0.15, 0.2) is 0 Å². The van der Waals surface area contributed by atoms with Crippen molar-refractivity contribution >= 4 is 5.91 Å². The van der Waals surface area contributed by atoms with Gasteiger partial charge in [0.2, 0.25) is 5.91 Å². The summed E-state index contributed by atoms with van der Waals surface area (Å²) in [6.45, 7) is 4.29. The summed E-state index contributed by atoms with van der Waals surface area (Å²) >= 11 is 0. The first-order chi connectivity index (χ1) is 7.65. The highest BCUT2D eigenvalue weighted by molar-refractivity contribution is 5.83. The number of carbonyl (C=O) groups excluding carboxylic acids is 1. The lowest BCUT2D eigenvalue weighted by Crippen LogP contribution is -2.53.